The first-order valence-corrected chi connectivity index (χ1v) is 10.9. The van der Waals surface area contributed by atoms with Gasteiger partial charge in [-0.2, -0.15) is 0 Å². The Morgan fingerprint density at radius 2 is 1.75 bits per heavy atom. The van der Waals surface area contributed by atoms with Crippen molar-refractivity contribution in [3.8, 4) is 0 Å². The highest BCUT2D eigenvalue weighted by molar-refractivity contribution is 14.1. The molecule has 0 spiro atoms. The lowest BCUT2D eigenvalue weighted by molar-refractivity contribution is 0.107. The summed E-state index contributed by atoms with van der Waals surface area (Å²) in [5, 5.41) is 0. The number of hydrogen-bond donors (Lipinski definition) is 0. The molecule has 1 aromatic rings. The zero-order chi connectivity index (χ0) is 18.2. The maximum atomic E-state index is 12.7. The number of hydrogen-bond acceptors (Lipinski definition) is 1. The second-order valence-corrected chi connectivity index (χ2v) is 9.20. The molecule has 0 radical (unpaired) electrons. The van der Waals surface area contributed by atoms with Gasteiger partial charge in [-0.25, -0.2) is 0 Å². The molecule has 1 rings (SSSR count). The molecule has 1 nitrogen and oxygen atoms in total. The third kappa shape index (κ3) is 6.53. The Balaban J connectivity index is 2.90. The monoisotopic (exact) mass is 440 g/mol. The highest BCUT2D eigenvalue weighted by Gasteiger charge is 2.26. The molecule has 0 unspecified atom stereocenters. The molecular formula is C21H34BIO. The van der Waals surface area contributed by atoms with Crippen LogP contribution in [0.3, 0.4) is 0 Å². The van der Waals surface area contributed by atoms with Crippen LogP contribution in [0.15, 0.2) is 18.2 Å². The van der Waals surface area contributed by atoms with Crippen molar-refractivity contribution in [2.75, 3.05) is 0 Å². The van der Waals surface area contributed by atoms with Crippen molar-refractivity contribution in [1.29, 1.82) is 0 Å². The van der Waals surface area contributed by atoms with E-state index in [1.54, 1.807) is 0 Å². The second kappa shape index (κ2) is 10.6. The Hall–Kier alpha value is -0.315. The number of carbonyl (C=O) groups is 1. The van der Waals surface area contributed by atoms with Crippen LogP contribution in [0, 0.1) is 6.92 Å². The van der Waals surface area contributed by atoms with Gasteiger partial charge in [-0.05, 0) is 36.0 Å². The van der Waals surface area contributed by atoms with E-state index in [9.17, 15) is 4.79 Å². The third-order valence-electron chi connectivity index (χ3n) is 5.00. The van der Waals surface area contributed by atoms with Gasteiger partial charge in [0, 0.05) is 5.56 Å². The molecule has 0 amide bonds. The maximum Gasteiger partial charge on any atom is 0.302 e. The van der Waals surface area contributed by atoms with Crippen LogP contribution in [0.1, 0.15) is 94.1 Å². The van der Waals surface area contributed by atoms with Crippen LogP contribution in [-0.4, -0.2) is 10.3 Å². The lowest BCUT2D eigenvalue weighted by Gasteiger charge is -2.28. The second-order valence-electron chi connectivity index (χ2n) is 7.70. The van der Waals surface area contributed by atoms with Gasteiger partial charge >= 0.3 is 4.57 Å². The van der Waals surface area contributed by atoms with Gasteiger partial charge in [0.15, 0.2) is 0 Å². The first-order valence-electron chi connectivity index (χ1n) is 9.63. The number of carbonyl (C=O) groups excluding carboxylic acids is 1. The Kier molecular flexibility index (Phi) is 9.62. The molecule has 0 heterocycles. The first-order chi connectivity index (χ1) is 11.3. The predicted octanol–water partition coefficient (Wildman–Crippen LogP) is 7.19. The van der Waals surface area contributed by atoms with Gasteiger partial charge in [0.2, 0.25) is 0 Å². The molecule has 24 heavy (non-hydrogen) atoms. The number of benzene rings is 1. The molecule has 0 saturated heterocycles. The van der Waals surface area contributed by atoms with Crippen molar-refractivity contribution in [3.05, 3.63) is 34.9 Å². The number of unbranched alkanes of at least 4 members (excludes halogenated alkanes) is 4. The summed E-state index contributed by atoms with van der Waals surface area (Å²) in [6.45, 7) is 11.3. The van der Waals surface area contributed by atoms with Crippen LogP contribution < -0.4 is 0 Å². The summed E-state index contributed by atoms with van der Waals surface area (Å²) in [5.41, 5.74) is 3.99. The lowest BCUT2D eigenvalue weighted by Crippen LogP contribution is -2.22. The molecule has 0 aliphatic carbocycles. The van der Waals surface area contributed by atoms with E-state index in [4.69, 9.17) is 0 Å². The molecule has 0 saturated carbocycles. The fourth-order valence-electron chi connectivity index (χ4n) is 3.33. The number of halogens is 1. The highest BCUT2D eigenvalue weighted by atomic mass is 127. The van der Waals surface area contributed by atoms with Crippen molar-refractivity contribution in [1.82, 2.24) is 0 Å². The van der Waals surface area contributed by atoms with Crippen molar-refractivity contribution >= 4 is 32.6 Å². The molecule has 1 aromatic carbocycles. The van der Waals surface area contributed by atoms with E-state index in [0.29, 0.717) is 5.68 Å². The number of aryl methyl sites for hydroxylation is 1. The van der Waals surface area contributed by atoms with Crippen LogP contribution in [0.4, 0.5) is 0 Å². The Morgan fingerprint density at radius 1 is 1.08 bits per heavy atom. The van der Waals surface area contributed by atoms with E-state index >= 15 is 0 Å². The van der Waals surface area contributed by atoms with Crippen LogP contribution in [0.25, 0.3) is 0 Å². The SMILES string of the molecule is CCCCCCC(C)(C)c1cc(C(=O)B(I)CCCC)ccc1C. The molecule has 0 bridgehead atoms. The first kappa shape index (κ1) is 21.7. The summed E-state index contributed by atoms with van der Waals surface area (Å²) in [6.07, 6.45) is 9.63. The predicted molar refractivity (Wildman–Crippen MR) is 117 cm³/mol. The largest absolute Gasteiger partial charge is 0.305 e. The van der Waals surface area contributed by atoms with E-state index in [1.807, 2.05) is 6.07 Å². The smallest absolute Gasteiger partial charge is 0.302 e. The Morgan fingerprint density at radius 3 is 2.38 bits per heavy atom. The summed E-state index contributed by atoms with van der Waals surface area (Å²) in [4.78, 5) is 12.7. The number of rotatable bonds is 11. The molecular weight excluding hydrogens is 406 g/mol. The minimum Gasteiger partial charge on any atom is -0.305 e. The van der Waals surface area contributed by atoms with Gasteiger partial charge in [0.05, 0.1) is 0 Å². The normalized spacial score (nSPS) is 11.6. The van der Waals surface area contributed by atoms with E-state index in [1.165, 1.54) is 43.2 Å². The summed E-state index contributed by atoms with van der Waals surface area (Å²) in [5.74, 6) is 0. The summed E-state index contributed by atoms with van der Waals surface area (Å²) >= 11 is 2.32. The minimum atomic E-state index is 0.103. The van der Waals surface area contributed by atoms with Crippen LogP contribution in [-0.2, 0) is 5.41 Å². The van der Waals surface area contributed by atoms with E-state index in [-0.39, 0.29) is 9.98 Å². The van der Waals surface area contributed by atoms with Crippen molar-refractivity contribution < 1.29 is 4.79 Å². The van der Waals surface area contributed by atoms with Crippen LogP contribution >= 0.6 is 22.4 Å². The maximum absolute atomic E-state index is 12.7. The average molecular weight is 440 g/mol. The van der Waals surface area contributed by atoms with E-state index in [0.717, 1.165) is 24.7 Å². The standard InChI is InChI=1S/C21H34BIO/c1-6-8-10-11-14-21(4,5)19-16-18(13-12-17(19)3)20(24)22(23)15-9-7-2/h12-13,16H,6-11,14-15H2,1-5H3. The van der Waals surface area contributed by atoms with Crippen molar-refractivity contribution in [2.45, 2.75) is 91.3 Å². The van der Waals surface area contributed by atoms with Crippen LogP contribution in [0.2, 0.25) is 6.32 Å². The molecule has 0 atom stereocenters. The molecule has 3 heteroatoms. The van der Waals surface area contributed by atoms with Gasteiger partial charge in [-0.15, -0.1) is 22.4 Å². The van der Waals surface area contributed by atoms with Gasteiger partial charge in [-0.3, -0.25) is 0 Å². The topological polar surface area (TPSA) is 17.1 Å². The van der Waals surface area contributed by atoms with Gasteiger partial charge in [-0.1, -0.05) is 84.7 Å². The fourth-order valence-corrected chi connectivity index (χ4v) is 4.13. The molecule has 134 valence electrons. The quantitative estimate of drug-likeness (QED) is 0.202. The highest BCUT2D eigenvalue weighted by Crippen LogP contribution is 2.33. The summed E-state index contributed by atoms with van der Waals surface area (Å²) < 4.78 is 0.103. The van der Waals surface area contributed by atoms with Gasteiger partial charge in [0.25, 0.3) is 0 Å². The lowest BCUT2D eigenvalue weighted by atomic mass is 9.65. The Bertz CT molecular complexity index is 525. The molecule has 0 N–H and O–H groups in total. The molecule has 0 aliphatic rings. The molecule has 0 aromatic heterocycles. The zero-order valence-corrected chi connectivity index (χ0v) is 18.4. The third-order valence-corrected chi connectivity index (χ3v) is 6.19. The van der Waals surface area contributed by atoms with Crippen molar-refractivity contribution in [2.24, 2.45) is 0 Å². The molecule has 0 aliphatic heterocycles. The van der Waals surface area contributed by atoms with Gasteiger partial charge < -0.3 is 4.79 Å². The average Bonchev–Trinajstić information content (AvgIpc) is 2.56. The van der Waals surface area contributed by atoms with E-state index < -0.39 is 0 Å². The molecule has 0 fully saturated rings. The van der Waals surface area contributed by atoms with Crippen LogP contribution in [0.5, 0.6) is 0 Å². The summed E-state index contributed by atoms with van der Waals surface area (Å²) in [6, 6.07) is 6.33. The zero-order valence-electron chi connectivity index (χ0n) is 16.3. The summed E-state index contributed by atoms with van der Waals surface area (Å²) in [7, 11) is 0. The Labute approximate surface area is 163 Å². The van der Waals surface area contributed by atoms with Crippen molar-refractivity contribution in [3.63, 3.8) is 0 Å². The van der Waals surface area contributed by atoms with Gasteiger partial charge in [0.1, 0.15) is 5.68 Å². The minimum absolute atomic E-state index is 0.103. The van der Waals surface area contributed by atoms with E-state index in [2.05, 4.69) is 69.1 Å². The fraction of sp³-hybridized carbons (Fsp3) is 0.667.